The van der Waals surface area contributed by atoms with Crippen LogP contribution in [0.5, 0.6) is 0 Å². The molecule has 4 nitrogen and oxygen atoms in total. The molecule has 5 heteroatoms. The zero-order valence-electron chi connectivity index (χ0n) is 16.7. The number of rotatable bonds is 4. The monoisotopic (exact) mass is 416 g/mol. The maximum atomic E-state index is 13.0. The second kappa shape index (κ2) is 7.33. The van der Waals surface area contributed by atoms with E-state index in [-0.39, 0.29) is 12.0 Å². The lowest BCUT2D eigenvalue weighted by atomic mass is 9.77. The molecule has 0 amide bonds. The van der Waals surface area contributed by atoms with Gasteiger partial charge in [0.05, 0.1) is 10.9 Å². The van der Waals surface area contributed by atoms with Gasteiger partial charge in [-0.1, -0.05) is 60.2 Å². The molecule has 2 N–H and O–H groups in total. The van der Waals surface area contributed by atoms with Crippen molar-refractivity contribution in [3.63, 3.8) is 0 Å². The Labute approximate surface area is 177 Å². The van der Waals surface area contributed by atoms with Crippen LogP contribution in [0.2, 0.25) is 0 Å². The van der Waals surface area contributed by atoms with Gasteiger partial charge in [0.2, 0.25) is 0 Å². The minimum Gasteiger partial charge on any atom is -0.378 e. The van der Waals surface area contributed by atoms with Crippen LogP contribution in [-0.2, 0) is 10.0 Å². The summed E-state index contributed by atoms with van der Waals surface area (Å²) >= 11 is 0. The molecule has 1 aliphatic heterocycles. The zero-order valence-corrected chi connectivity index (χ0v) is 17.6. The SMILES string of the molecule is Cc1cccc([C@H]2Nc3ccc(S(=O)(=O)Nc4ccccc4)cc3[C@@H]3C=CC[C@@H]23)c1. The number of fused-ring (bicyclic) bond motifs is 3. The fourth-order valence-electron chi connectivity index (χ4n) is 4.65. The molecule has 3 atom stereocenters. The highest BCUT2D eigenvalue weighted by atomic mass is 32.2. The van der Waals surface area contributed by atoms with Gasteiger partial charge in [0.1, 0.15) is 0 Å². The largest absolute Gasteiger partial charge is 0.378 e. The van der Waals surface area contributed by atoms with E-state index < -0.39 is 10.0 Å². The van der Waals surface area contributed by atoms with Crippen LogP contribution in [0.25, 0.3) is 0 Å². The Morgan fingerprint density at radius 2 is 1.80 bits per heavy atom. The van der Waals surface area contributed by atoms with Crippen LogP contribution >= 0.6 is 0 Å². The van der Waals surface area contributed by atoms with E-state index in [1.165, 1.54) is 11.1 Å². The fourth-order valence-corrected chi connectivity index (χ4v) is 5.75. The van der Waals surface area contributed by atoms with E-state index in [4.69, 9.17) is 0 Å². The molecule has 0 aromatic heterocycles. The van der Waals surface area contributed by atoms with Gasteiger partial charge >= 0.3 is 0 Å². The van der Waals surface area contributed by atoms with Gasteiger partial charge in [-0.3, -0.25) is 4.72 Å². The number of hydrogen-bond donors (Lipinski definition) is 2. The van der Waals surface area contributed by atoms with Gasteiger partial charge in [0.15, 0.2) is 0 Å². The molecule has 0 fully saturated rings. The van der Waals surface area contributed by atoms with Gasteiger partial charge in [-0.15, -0.1) is 0 Å². The van der Waals surface area contributed by atoms with Crippen molar-refractivity contribution >= 4 is 21.4 Å². The van der Waals surface area contributed by atoms with Crippen LogP contribution in [-0.4, -0.2) is 8.42 Å². The van der Waals surface area contributed by atoms with Crippen LogP contribution in [0.15, 0.2) is 89.8 Å². The summed E-state index contributed by atoms with van der Waals surface area (Å²) in [7, 11) is -3.65. The van der Waals surface area contributed by atoms with Crippen LogP contribution < -0.4 is 10.0 Å². The Kier molecular flexibility index (Phi) is 4.63. The second-order valence-corrected chi connectivity index (χ2v) is 9.79. The molecule has 3 aromatic rings. The number of para-hydroxylation sites is 1. The van der Waals surface area contributed by atoms with Gasteiger partial charge in [-0.05, 0) is 60.7 Å². The summed E-state index contributed by atoms with van der Waals surface area (Å²) in [6.45, 7) is 2.11. The first-order valence-electron chi connectivity index (χ1n) is 10.2. The molecule has 2 aliphatic rings. The maximum absolute atomic E-state index is 13.0. The summed E-state index contributed by atoms with van der Waals surface area (Å²) in [6.07, 6.45) is 5.43. The van der Waals surface area contributed by atoms with E-state index >= 15 is 0 Å². The molecule has 0 saturated heterocycles. The normalized spacial score (nSPS) is 22.1. The standard InChI is InChI=1S/C25H24N2O2S/c1-17-7-5-8-18(15-17)25-22-12-6-11-21(22)23-16-20(13-14-24(23)26-25)30(28,29)27-19-9-3-2-4-10-19/h2-11,13-16,21-22,25-27H,12H2,1H3/t21-,22-,25-/m1/s1. The van der Waals surface area contributed by atoms with Crippen LogP contribution in [0, 0.1) is 12.8 Å². The van der Waals surface area contributed by atoms with Crippen molar-refractivity contribution in [2.75, 3.05) is 10.0 Å². The summed E-state index contributed by atoms with van der Waals surface area (Å²) in [5.74, 6) is 0.581. The molecule has 3 aromatic carbocycles. The van der Waals surface area contributed by atoms with Crippen molar-refractivity contribution in [3.05, 3.63) is 102 Å². The molecule has 0 radical (unpaired) electrons. The van der Waals surface area contributed by atoms with E-state index in [0.717, 1.165) is 17.7 Å². The van der Waals surface area contributed by atoms with E-state index in [1.54, 1.807) is 18.2 Å². The lowest BCUT2D eigenvalue weighted by molar-refractivity contribution is 0.425. The first-order valence-corrected chi connectivity index (χ1v) is 11.7. The number of hydrogen-bond acceptors (Lipinski definition) is 3. The first kappa shape index (κ1) is 18.9. The van der Waals surface area contributed by atoms with Crippen molar-refractivity contribution in [2.45, 2.75) is 30.2 Å². The van der Waals surface area contributed by atoms with Crippen LogP contribution in [0.1, 0.15) is 35.1 Å². The first-order chi connectivity index (χ1) is 14.5. The van der Waals surface area contributed by atoms with Crippen LogP contribution in [0.4, 0.5) is 11.4 Å². The zero-order chi connectivity index (χ0) is 20.7. The number of sulfonamides is 1. The Balaban J connectivity index is 1.50. The number of nitrogens with one attached hydrogen (secondary N) is 2. The average molecular weight is 417 g/mol. The highest BCUT2D eigenvalue weighted by molar-refractivity contribution is 7.92. The van der Waals surface area contributed by atoms with Gasteiger partial charge in [0, 0.05) is 17.3 Å². The summed E-state index contributed by atoms with van der Waals surface area (Å²) in [5.41, 5.74) is 5.14. The van der Waals surface area contributed by atoms with Crippen LogP contribution in [0.3, 0.4) is 0 Å². The predicted octanol–water partition coefficient (Wildman–Crippen LogP) is 5.62. The number of anilines is 2. The summed E-state index contributed by atoms with van der Waals surface area (Å²) in [5, 5.41) is 3.69. The van der Waals surface area contributed by atoms with E-state index in [2.05, 4.69) is 53.4 Å². The molecule has 1 heterocycles. The Hall–Kier alpha value is -3.05. The van der Waals surface area contributed by atoms with Gasteiger partial charge in [-0.25, -0.2) is 8.42 Å². The average Bonchev–Trinajstić information content (AvgIpc) is 3.23. The van der Waals surface area contributed by atoms with Gasteiger partial charge in [-0.2, -0.15) is 0 Å². The third-order valence-electron chi connectivity index (χ3n) is 6.07. The number of benzene rings is 3. The number of aryl methyl sites for hydroxylation is 1. The lowest BCUT2D eigenvalue weighted by Crippen LogP contribution is -2.29. The highest BCUT2D eigenvalue weighted by Gasteiger charge is 2.38. The molecule has 0 unspecified atom stereocenters. The molecule has 0 spiro atoms. The lowest BCUT2D eigenvalue weighted by Gasteiger charge is -2.37. The van der Waals surface area contributed by atoms with Crippen molar-refractivity contribution in [2.24, 2.45) is 5.92 Å². The third-order valence-corrected chi connectivity index (χ3v) is 7.45. The topological polar surface area (TPSA) is 58.2 Å². The Morgan fingerprint density at radius 1 is 0.967 bits per heavy atom. The third kappa shape index (κ3) is 3.39. The summed E-state index contributed by atoms with van der Waals surface area (Å²) in [4.78, 5) is 0.292. The highest BCUT2D eigenvalue weighted by Crippen LogP contribution is 2.50. The van der Waals surface area contributed by atoms with E-state index in [9.17, 15) is 8.42 Å². The minimum absolute atomic E-state index is 0.207. The molecular formula is C25H24N2O2S. The molecule has 152 valence electrons. The minimum atomic E-state index is -3.65. The molecule has 0 saturated carbocycles. The maximum Gasteiger partial charge on any atom is 0.261 e. The van der Waals surface area contributed by atoms with E-state index in [1.807, 2.05) is 30.3 Å². The summed E-state index contributed by atoms with van der Waals surface area (Å²) < 4.78 is 28.6. The van der Waals surface area contributed by atoms with Gasteiger partial charge < -0.3 is 5.32 Å². The van der Waals surface area contributed by atoms with Crippen molar-refractivity contribution in [1.29, 1.82) is 0 Å². The van der Waals surface area contributed by atoms with Crippen molar-refractivity contribution < 1.29 is 8.42 Å². The van der Waals surface area contributed by atoms with E-state index in [0.29, 0.717) is 16.5 Å². The van der Waals surface area contributed by atoms with Crippen molar-refractivity contribution in [1.82, 2.24) is 0 Å². The smallest absolute Gasteiger partial charge is 0.261 e. The molecule has 0 bridgehead atoms. The predicted molar refractivity (Wildman–Crippen MR) is 121 cm³/mol. The summed E-state index contributed by atoms with van der Waals surface area (Å²) in [6, 6.07) is 23.2. The molecular weight excluding hydrogens is 392 g/mol. The molecule has 30 heavy (non-hydrogen) atoms. The number of allylic oxidation sites excluding steroid dienone is 2. The van der Waals surface area contributed by atoms with Gasteiger partial charge in [0.25, 0.3) is 10.0 Å². The Morgan fingerprint density at radius 3 is 2.60 bits per heavy atom. The second-order valence-electron chi connectivity index (χ2n) is 8.11. The molecule has 1 aliphatic carbocycles. The van der Waals surface area contributed by atoms with Crippen molar-refractivity contribution in [3.8, 4) is 0 Å². The molecule has 5 rings (SSSR count). The quantitative estimate of drug-likeness (QED) is 0.543. The fraction of sp³-hybridized carbons (Fsp3) is 0.200. The Bertz CT molecular complexity index is 1220.